The molecule has 3 fully saturated rings. The molecule has 14 heteroatoms. The summed E-state index contributed by atoms with van der Waals surface area (Å²) < 4.78 is 48.3. The molecule has 0 saturated heterocycles. The highest BCUT2D eigenvalue weighted by molar-refractivity contribution is 7.46. The number of nitrogens with one attached hydrogen (secondary N) is 1. The Bertz CT molecular complexity index is 1230. The van der Waals surface area contributed by atoms with E-state index in [1.165, 1.54) is 51.4 Å². The third kappa shape index (κ3) is 14.6. The standard InChI is InChI=1S/C42H76NO12P/c1-31(2)8-6-9-32(3)37-12-13-38-36-11-10-33-28-34(14-16-41(33,4)39(36)15-17-42(37,38)5)54-40(45)43-18-7-19-49-20-21-50-22-23-51-24-25-52-26-27-53-30-35(29-44)55-56(46,47)48/h10,31-32,34-39,44H,6-9,11-30H2,1-5H3,(H,43,45)(H2,46,47,48)/t32-,34-,35?,36?,37?,38?,39?,41-,42+/m0/s1. The number of hydrogen-bond acceptors (Lipinski definition) is 10. The van der Waals surface area contributed by atoms with Gasteiger partial charge in [-0.3, -0.25) is 4.52 Å². The number of phosphoric acid groups is 1. The fourth-order valence-corrected chi connectivity index (χ4v) is 11.2. The van der Waals surface area contributed by atoms with Crippen molar-refractivity contribution in [2.75, 3.05) is 79.2 Å². The van der Waals surface area contributed by atoms with Crippen LogP contribution in [0.5, 0.6) is 0 Å². The van der Waals surface area contributed by atoms with E-state index >= 15 is 0 Å². The van der Waals surface area contributed by atoms with E-state index in [0.29, 0.717) is 64.6 Å². The number of rotatable bonds is 27. The van der Waals surface area contributed by atoms with Crippen molar-refractivity contribution in [3.8, 4) is 0 Å². The van der Waals surface area contributed by atoms with E-state index in [9.17, 15) is 9.36 Å². The first-order chi connectivity index (χ1) is 26.8. The maximum atomic E-state index is 12.7. The van der Waals surface area contributed by atoms with Gasteiger partial charge in [0.1, 0.15) is 12.2 Å². The van der Waals surface area contributed by atoms with Crippen LogP contribution in [0, 0.1) is 46.3 Å². The second kappa shape index (κ2) is 23.6. The number of allylic oxidation sites excluding steroid dienone is 1. The predicted octanol–water partition coefficient (Wildman–Crippen LogP) is 7.07. The summed E-state index contributed by atoms with van der Waals surface area (Å²) in [6.45, 7) is 15.7. The van der Waals surface area contributed by atoms with E-state index in [0.717, 1.165) is 54.8 Å². The van der Waals surface area contributed by atoms with Crippen molar-refractivity contribution >= 4 is 13.9 Å². The molecule has 0 aromatic carbocycles. The average molecular weight is 818 g/mol. The molecule has 4 N–H and O–H groups in total. The summed E-state index contributed by atoms with van der Waals surface area (Å²) in [7, 11) is -4.68. The molecule has 13 nitrogen and oxygen atoms in total. The zero-order chi connectivity index (χ0) is 40.6. The van der Waals surface area contributed by atoms with Gasteiger partial charge in [0.15, 0.2) is 0 Å². The first-order valence-corrected chi connectivity index (χ1v) is 23.2. The SMILES string of the molecule is CC(C)CCC[C@H](C)C1CCC2C3CC=C4C[C@@H](OC(=O)NCCCOCCOCCOCCOCCOCC(CO)OP(=O)(O)O)CC[C@]4(C)C3CC[C@@]21C. The number of hydrogen-bond donors (Lipinski definition) is 4. The number of aliphatic hydroxyl groups excluding tert-OH is 1. The molecule has 0 radical (unpaired) electrons. The van der Waals surface area contributed by atoms with Crippen molar-refractivity contribution in [2.45, 2.75) is 124 Å². The highest BCUT2D eigenvalue weighted by Crippen LogP contribution is 2.67. The van der Waals surface area contributed by atoms with Gasteiger partial charge in [-0.15, -0.1) is 0 Å². The van der Waals surface area contributed by atoms with Crippen molar-refractivity contribution in [3.05, 3.63) is 11.6 Å². The molecular formula is C42H76NO12P. The summed E-state index contributed by atoms with van der Waals surface area (Å²) in [5.41, 5.74) is 2.29. The van der Waals surface area contributed by atoms with Crippen LogP contribution in [0.25, 0.3) is 0 Å². The quantitative estimate of drug-likeness (QED) is 0.0379. The van der Waals surface area contributed by atoms with Crippen LogP contribution in [0.15, 0.2) is 11.6 Å². The summed E-state index contributed by atoms with van der Waals surface area (Å²) in [4.78, 5) is 30.2. The monoisotopic (exact) mass is 818 g/mol. The lowest BCUT2D eigenvalue weighted by Crippen LogP contribution is -2.51. The van der Waals surface area contributed by atoms with Gasteiger partial charge in [0.2, 0.25) is 0 Å². The Morgan fingerprint density at radius 3 is 2.11 bits per heavy atom. The van der Waals surface area contributed by atoms with E-state index in [2.05, 4.69) is 50.5 Å². The summed E-state index contributed by atoms with van der Waals surface area (Å²) in [5.74, 6) is 4.94. The lowest BCUT2D eigenvalue weighted by Gasteiger charge is -2.58. The molecular weight excluding hydrogens is 741 g/mol. The van der Waals surface area contributed by atoms with Crippen molar-refractivity contribution in [1.82, 2.24) is 5.32 Å². The van der Waals surface area contributed by atoms with Crippen LogP contribution in [0.4, 0.5) is 4.79 Å². The Hall–Kier alpha value is -1.12. The number of carbonyl (C=O) groups excluding carboxylic acids is 1. The van der Waals surface area contributed by atoms with E-state index in [4.69, 9.17) is 43.3 Å². The van der Waals surface area contributed by atoms with E-state index in [1.807, 2.05) is 0 Å². The third-order valence-electron chi connectivity index (χ3n) is 13.6. The van der Waals surface area contributed by atoms with Crippen LogP contribution < -0.4 is 5.32 Å². The van der Waals surface area contributed by atoms with Gasteiger partial charge in [-0.2, -0.15) is 0 Å². The summed E-state index contributed by atoms with van der Waals surface area (Å²) >= 11 is 0. The molecule has 0 spiro atoms. The first-order valence-electron chi connectivity index (χ1n) is 21.6. The summed E-state index contributed by atoms with van der Waals surface area (Å²) in [5, 5.41) is 12.0. The van der Waals surface area contributed by atoms with Crippen LogP contribution in [-0.4, -0.2) is 112 Å². The number of amides is 1. The molecule has 3 saturated carbocycles. The van der Waals surface area contributed by atoms with Gasteiger partial charge in [-0.25, -0.2) is 9.36 Å². The Morgan fingerprint density at radius 2 is 1.48 bits per heavy atom. The number of fused-ring (bicyclic) bond motifs is 5. The molecule has 4 aliphatic rings. The van der Waals surface area contributed by atoms with Crippen molar-refractivity contribution in [1.29, 1.82) is 0 Å². The average Bonchev–Trinajstić information content (AvgIpc) is 3.50. The van der Waals surface area contributed by atoms with Gasteiger partial charge in [-0.1, -0.05) is 65.5 Å². The topological polar surface area (TPSA) is 171 Å². The number of carbonyl (C=O) groups is 1. The highest BCUT2D eigenvalue weighted by Gasteiger charge is 2.59. The molecule has 5 unspecified atom stereocenters. The van der Waals surface area contributed by atoms with E-state index in [1.54, 1.807) is 5.57 Å². The summed E-state index contributed by atoms with van der Waals surface area (Å²) in [6, 6.07) is 0. The number of phosphoric ester groups is 1. The molecule has 0 heterocycles. The minimum atomic E-state index is -4.68. The molecule has 56 heavy (non-hydrogen) atoms. The molecule has 326 valence electrons. The minimum absolute atomic E-state index is 0.0503. The fraction of sp³-hybridized carbons (Fsp3) is 0.929. The van der Waals surface area contributed by atoms with Crippen molar-refractivity contribution in [3.63, 3.8) is 0 Å². The first kappa shape index (κ1) is 47.6. The number of ether oxygens (including phenoxy) is 6. The van der Waals surface area contributed by atoms with Gasteiger partial charge in [0.05, 0.1) is 66.1 Å². The van der Waals surface area contributed by atoms with Gasteiger partial charge < -0.3 is 48.6 Å². The van der Waals surface area contributed by atoms with Gasteiger partial charge in [0, 0.05) is 19.6 Å². The molecule has 4 aliphatic carbocycles. The molecule has 0 aliphatic heterocycles. The third-order valence-corrected chi connectivity index (χ3v) is 14.1. The number of aliphatic hydroxyl groups is 1. The summed E-state index contributed by atoms with van der Waals surface area (Å²) in [6.07, 6.45) is 15.6. The molecule has 0 aromatic heterocycles. The highest BCUT2D eigenvalue weighted by atomic mass is 31.2. The van der Waals surface area contributed by atoms with Crippen LogP contribution in [0.2, 0.25) is 0 Å². The zero-order valence-corrected chi connectivity index (χ0v) is 36.0. The lowest BCUT2D eigenvalue weighted by atomic mass is 9.47. The van der Waals surface area contributed by atoms with E-state index in [-0.39, 0.29) is 37.4 Å². The Morgan fingerprint density at radius 1 is 0.839 bits per heavy atom. The molecule has 4 rings (SSSR count). The Balaban J connectivity index is 0.990. The lowest BCUT2D eigenvalue weighted by molar-refractivity contribution is -0.0581. The largest absolute Gasteiger partial charge is 0.470 e. The van der Waals surface area contributed by atoms with Gasteiger partial charge >= 0.3 is 13.9 Å². The maximum absolute atomic E-state index is 12.7. The van der Waals surface area contributed by atoms with Crippen LogP contribution in [0.3, 0.4) is 0 Å². The normalized spacial score (nSPS) is 29.9. The smallest absolute Gasteiger partial charge is 0.446 e. The molecule has 1 amide bonds. The molecule has 0 aromatic rings. The van der Waals surface area contributed by atoms with Crippen LogP contribution in [0.1, 0.15) is 112 Å². The van der Waals surface area contributed by atoms with Crippen molar-refractivity contribution in [2.24, 2.45) is 46.3 Å². The zero-order valence-electron chi connectivity index (χ0n) is 35.1. The molecule has 0 bridgehead atoms. The second-order valence-electron chi connectivity index (χ2n) is 17.8. The van der Waals surface area contributed by atoms with Gasteiger partial charge in [-0.05, 0) is 97.7 Å². The van der Waals surface area contributed by atoms with Crippen molar-refractivity contribution < 1.29 is 57.2 Å². The van der Waals surface area contributed by atoms with E-state index < -0.39 is 20.5 Å². The maximum Gasteiger partial charge on any atom is 0.470 e. The second-order valence-corrected chi connectivity index (χ2v) is 19.0. The molecule has 9 atom stereocenters. The van der Waals surface area contributed by atoms with Crippen LogP contribution in [-0.2, 0) is 37.5 Å². The van der Waals surface area contributed by atoms with Gasteiger partial charge in [0.25, 0.3) is 0 Å². The Kier molecular flexibility index (Phi) is 20.1. The predicted molar refractivity (Wildman–Crippen MR) is 214 cm³/mol. The van der Waals surface area contributed by atoms with Crippen LogP contribution >= 0.6 is 7.82 Å². The fourth-order valence-electron chi connectivity index (χ4n) is 10.7. The number of alkyl carbamates (subject to hydrolysis) is 1. The minimum Gasteiger partial charge on any atom is -0.446 e. The Labute approximate surface area is 336 Å².